The number of aromatic nitrogens is 1. The van der Waals surface area contributed by atoms with Crippen molar-refractivity contribution in [2.45, 2.75) is 17.3 Å². The number of alkyl halides is 2. The van der Waals surface area contributed by atoms with E-state index in [1.54, 1.807) is 24.3 Å². The Morgan fingerprint density at radius 1 is 1.24 bits per heavy atom. The molecule has 1 saturated heterocycles. The van der Waals surface area contributed by atoms with Gasteiger partial charge in [0, 0.05) is 31.4 Å². The third-order valence-corrected chi connectivity index (χ3v) is 4.92. The van der Waals surface area contributed by atoms with Gasteiger partial charge in [-0.15, -0.1) is 0 Å². The minimum absolute atomic E-state index is 0.0285. The Hall–Kier alpha value is -3.01. The predicted octanol–water partition coefficient (Wildman–Crippen LogP) is 1.90. The van der Waals surface area contributed by atoms with Gasteiger partial charge in [-0.1, -0.05) is 12.1 Å². The average Bonchev–Trinajstić information content (AvgIpc) is 2.72. The summed E-state index contributed by atoms with van der Waals surface area (Å²) in [5.41, 5.74) is 1.25. The average molecular weight is 420 g/mol. The summed E-state index contributed by atoms with van der Waals surface area (Å²) in [6.07, 6.45) is 1.35. The molecule has 0 spiro atoms. The molecule has 1 aromatic heterocycles. The zero-order valence-corrected chi connectivity index (χ0v) is 16.0. The number of carbonyl (C=O) groups is 3. The van der Waals surface area contributed by atoms with Gasteiger partial charge in [-0.25, -0.2) is 4.98 Å². The highest BCUT2D eigenvalue weighted by Crippen LogP contribution is 2.26. The van der Waals surface area contributed by atoms with Crippen LogP contribution in [0, 0.1) is 0 Å². The SMILES string of the molecule is O=C1CN(C(=O)c2ccc(CNC(=O)c3cccnc3SC(F)F)cc2)CCN1. The van der Waals surface area contributed by atoms with Crippen molar-refractivity contribution in [1.29, 1.82) is 0 Å². The maximum absolute atomic E-state index is 12.6. The first-order valence-electron chi connectivity index (χ1n) is 8.77. The van der Waals surface area contributed by atoms with E-state index in [1.165, 1.54) is 23.2 Å². The summed E-state index contributed by atoms with van der Waals surface area (Å²) in [6.45, 7) is 1.06. The second-order valence-corrected chi connectivity index (χ2v) is 7.17. The molecule has 1 aromatic carbocycles. The third-order valence-electron chi connectivity index (χ3n) is 4.20. The Kier molecular flexibility index (Phi) is 6.76. The quantitative estimate of drug-likeness (QED) is 0.697. The highest BCUT2D eigenvalue weighted by atomic mass is 32.2. The first kappa shape index (κ1) is 20.7. The normalized spacial score (nSPS) is 13.9. The topological polar surface area (TPSA) is 91.4 Å². The molecule has 1 aliphatic rings. The van der Waals surface area contributed by atoms with Crippen molar-refractivity contribution in [3.05, 3.63) is 59.3 Å². The number of pyridine rings is 1. The van der Waals surface area contributed by atoms with E-state index in [2.05, 4.69) is 15.6 Å². The molecule has 0 saturated carbocycles. The van der Waals surface area contributed by atoms with Gasteiger partial charge < -0.3 is 15.5 Å². The Balaban J connectivity index is 1.60. The van der Waals surface area contributed by atoms with E-state index < -0.39 is 11.7 Å². The summed E-state index contributed by atoms with van der Waals surface area (Å²) in [5.74, 6) is -3.61. The standard InChI is InChI=1S/C19H18F2N4O3S/c20-19(21)29-17-14(2-1-7-23-17)16(27)24-10-12-3-5-13(6-4-12)18(28)25-9-8-22-15(26)11-25/h1-7,19H,8-11H2,(H,22,26)(H,24,27). The lowest BCUT2D eigenvalue weighted by atomic mass is 10.1. The van der Waals surface area contributed by atoms with Gasteiger partial charge in [0.25, 0.3) is 17.6 Å². The van der Waals surface area contributed by atoms with Crippen LogP contribution in [0.15, 0.2) is 47.6 Å². The van der Waals surface area contributed by atoms with E-state index in [0.717, 1.165) is 5.56 Å². The number of hydrogen-bond donors (Lipinski definition) is 2. The molecule has 1 fully saturated rings. The number of nitrogens with one attached hydrogen (secondary N) is 2. The summed E-state index contributed by atoms with van der Waals surface area (Å²) in [4.78, 5) is 41.5. The second-order valence-electron chi connectivity index (χ2n) is 6.19. The molecule has 3 amide bonds. The van der Waals surface area contributed by atoms with Gasteiger partial charge in [0.1, 0.15) is 5.03 Å². The van der Waals surface area contributed by atoms with Crippen LogP contribution in [0.5, 0.6) is 0 Å². The van der Waals surface area contributed by atoms with Crippen LogP contribution in [0.2, 0.25) is 0 Å². The second kappa shape index (κ2) is 9.46. The molecule has 1 aliphatic heterocycles. The van der Waals surface area contributed by atoms with E-state index in [1.807, 2.05) is 0 Å². The number of nitrogens with zero attached hydrogens (tertiary/aromatic N) is 2. The highest BCUT2D eigenvalue weighted by Gasteiger charge is 2.22. The maximum Gasteiger partial charge on any atom is 0.290 e. The van der Waals surface area contributed by atoms with Crippen LogP contribution in [-0.4, -0.2) is 53.0 Å². The van der Waals surface area contributed by atoms with Crippen molar-refractivity contribution in [2.24, 2.45) is 0 Å². The van der Waals surface area contributed by atoms with Crippen molar-refractivity contribution < 1.29 is 23.2 Å². The van der Waals surface area contributed by atoms with Gasteiger partial charge >= 0.3 is 0 Å². The van der Waals surface area contributed by atoms with Gasteiger partial charge in [0.15, 0.2) is 0 Å². The van der Waals surface area contributed by atoms with Crippen LogP contribution < -0.4 is 10.6 Å². The number of hydrogen-bond acceptors (Lipinski definition) is 5. The van der Waals surface area contributed by atoms with Crippen molar-refractivity contribution in [2.75, 3.05) is 19.6 Å². The molecule has 7 nitrogen and oxygen atoms in total. The molecule has 10 heteroatoms. The van der Waals surface area contributed by atoms with Gasteiger partial charge in [0.2, 0.25) is 5.91 Å². The monoisotopic (exact) mass is 420 g/mol. The fraction of sp³-hybridized carbons (Fsp3) is 0.263. The van der Waals surface area contributed by atoms with Crippen molar-refractivity contribution in [1.82, 2.24) is 20.5 Å². The summed E-state index contributed by atoms with van der Waals surface area (Å²) >= 11 is 0.218. The smallest absolute Gasteiger partial charge is 0.290 e. The number of thioether (sulfide) groups is 1. The number of benzene rings is 1. The Bertz CT molecular complexity index is 909. The van der Waals surface area contributed by atoms with E-state index in [9.17, 15) is 23.2 Å². The van der Waals surface area contributed by atoms with Gasteiger partial charge in [-0.2, -0.15) is 8.78 Å². The lowest BCUT2D eigenvalue weighted by molar-refractivity contribution is -0.123. The van der Waals surface area contributed by atoms with Gasteiger partial charge in [-0.05, 0) is 41.6 Å². The third kappa shape index (κ3) is 5.50. The summed E-state index contributed by atoms with van der Waals surface area (Å²) in [5, 5.41) is 5.29. The van der Waals surface area contributed by atoms with E-state index in [0.29, 0.717) is 18.7 Å². The lowest BCUT2D eigenvalue weighted by Gasteiger charge is -2.26. The highest BCUT2D eigenvalue weighted by molar-refractivity contribution is 7.99. The molecule has 2 N–H and O–H groups in total. The van der Waals surface area contributed by atoms with E-state index in [-0.39, 0.29) is 47.3 Å². The van der Waals surface area contributed by atoms with Crippen molar-refractivity contribution in [3.8, 4) is 0 Å². The first-order chi connectivity index (χ1) is 13.9. The molecule has 0 aliphatic carbocycles. The molecule has 0 atom stereocenters. The molecule has 152 valence electrons. The molecule has 0 bridgehead atoms. The van der Waals surface area contributed by atoms with Gasteiger partial charge in [-0.3, -0.25) is 14.4 Å². The minimum atomic E-state index is -2.67. The molecule has 2 heterocycles. The Labute approximate surface area is 169 Å². The fourth-order valence-corrected chi connectivity index (χ4v) is 3.36. The lowest BCUT2D eigenvalue weighted by Crippen LogP contribution is -2.49. The van der Waals surface area contributed by atoms with Crippen LogP contribution in [0.1, 0.15) is 26.3 Å². The molecule has 3 rings (SSSR count). The molecular weight excluding hydrogens is 402 g/mol. The van der Waals surface area contributed by atoms with Crippen LogP contribution in [0.3, 0.4) is 0 Å². The van der Waals surface area contributed by atoms with Gasteiger partial charge in [0.05, 0.1) is 12.1 Å². The van der Waals surface area contributed by atoms with Crippen LogP contribution in [0.4, 0.5) is 8.78 Å². The zero-order chi connectivity index (χ0) is 20.8. The first-order valence-corrected chi connectivity index (χ1v) is 9.65. The maximum atomic E-state index is 12.6. The minimum Gasteiger partial charge on any atom is -0.353 e. The summed E-state index contributed by atoms with van der Waals surface area (Å²) in [7, 11) is 0. The molecular formula is C19H18F2N4O3S. The number of piperazine rings is 1. The summed E-state index contributed by atoms with van der Waals surface area (Å²) in [6, 6.07) is 9.57. The van der Waals surface area contributed by atoms with Crippen LogP contribution in [0.25, 0.3) is 0 Å². The van der Waals surface area contributed by atoms with Crippen LogP contribution >= 0.6 is 11.8 Å². The fourth-order valence-electron chi connectivity index (χ4n) is 2.78. The van der Waals surface area contributed by atoms with E-state index >= 15 is 0 Å². The largest absolute Gasteiger partial charge is 0.353 e. The number of halogens is 2. The van der Waals surface area contributed by atoms with Crippen LogP contribution in [-0.2, 0) is 11.3 Å². The molecule has 0 radical (unpaired) electrons. The number of rotatable bonds is 6. The van der Waals surface area contributed by atoms with Crippen molar-refractivity contribution >= 4 is 29.5 Å². The predicted molar refractivity (Wildman–Crippen MR) is 103 cm³/mol. The number of carbonyl (C=O) groups excluding carboxylic acids is 3. The molecule has 2 aromatic rings. The Morgan fingerprint density at radius 2 is 2.00 bits per heavy atom. The van der Waals surface area contributed by atoms with Crippen molar-refractivity contribution in [3.63, 3.8) is 0 Å². The number of amides is 3. The Morgan fingerprint density at radius 3 is 2.69 bits per heavy atom. The van der Waals surface area contributed by atoms with E-state index in [4.69, 9.17) is 0 Å². The zero-order valence-electron chi connectivity index (χ0n) is 15.2. The molecule has 29 heavy (non-hydrogen) atoms. The molecule has 0 unspecified atom stereocenters. The summed E-state index contributed by atoms with van der Waals surface area (Å²) < 4.78 is 25.2.